The van der Waals surface area contributed by atoms with E-state index in [1.54, 1.807) is 12.1 Å². The van der Waals surface area contributed by atoms with E-state index >= 15 is 0 Å². The lowest BCUT2D eigenvalue weighted by Crippen LogP contribution is -2.35. The van der Waals surface area contributed by atoms with Crippen LogP contribution < -0.4 is 4.72 Å². The highest BCUT2D eigenvalue weighted by atomic mass is 35.5. The number of nitrogens with one attached hydrogen (secondary N) is 1. The average molecular weight is 676 g/mol. The fourth-order valence-corrected chi connectivity index (χ4v) is 7.28. The highest BCUT2D eigenvalue weighted by Gasteiger charge is 2.27. The SMILES string of the molecule is O=C(O)c1ccc(CCCc2c(CC(Cc3ccccc3)NS(=O)[O-])n(C(c3ccccc3)c3ccccc3)c3ccc(Cl)cc23)cc1. The van der Waals surface area contributed by atoms with E-state index in [9.17, 15) is 18.7 Å². The van der Waals surface area contributed by atoms with Crippen molar-refractivity contribution in [2.75, 3.05) is 0 Å². The van der Waals surface area contributed by atoms with E-state index in [2.05, 4.69) is 39.6 Å². The average Bonchev–Trinajstić information content (AvgIpc) is 3.37. The first kappa shape index (κ1) is 33.4. The van der Waals surface area contributed by atoms with Crippen LogP contribution in [0.2, 0.25) is 5.02 Å². The topological polar surface area (TPSA) is 94.4 Å². The van der Waals surface area contributed by atoms with E-state index in [4.69, 9.17) is 11.6 Å². The Morgan fingerprint density at radius 2 is 1.38 bits per heavy atom. The van der Waals surface area contributed by atoms with E-state index in [0.29, 0.717) is 24.3 Å². The van der Waals surface area contributed by atoms with Gasteiger partial charge < -0.3 is 14.2 Å². The molecule has 0 saturated heterocycles. The molecule has 6 aromatic rings. The third-order valence-electron chi connectivity index (χ3n) is 8.79. The van der Waals surface area contributed by atoms with Gasteiger partial charge in [-0.15, -0.1) is 0 Å². The summed E-state index contributed by atoms with van der Waals surface area (Å²) in [6.07, 6.45) is 3.25. The van der Waals surface area contributed by atoms with Crippen molar-refractivity contribution in [3.05, 3.63) is 178 Å². The highest BCUT2D eigenvalue weighted by Crippen LogP contribution is 2.38. The summed E-state index contributed by atoms with van der Waals surface area (Å²) in [4.78, 5) is 11.4. The molecule has 0 amide bonds. The van der Waals surface area contributed by atoms with Crippen molar-refractivity contribution in [2.45, 2.75) is 44.2 Å². The molecule has 2 unspecified atom stereocenters. The van der Waals surface area contributed by atoms with Crippen molar-refractivity contribution in [3.63, 3.8) is 0 Å². The molecule has 5 aromatic carbocycles. The number of carboxylic acids is 1. The van der Waals surface area contributed by atoms with Crippen LogP contribution in [-0.2, 0) is 36.9 Å². The summed E-state index contributed by atoms with van der Waals surface area (Å²) in [6, 6.07) is 43.1. The number of aromatic nitrogens is 1. The molecule has 2 atom stereocenters. The van der Waals surface area contributed by atoms with E-state index in [-0.39, 0.29) is 11.6 Å². The Balaban J connectivity index is 1.50. The van der Waals surface area contributed by atoms with Gasteiger partial charge in [-0.3, -0.25) is 4.21 Å². The van der Waals surface area contributed by atoms with Gasteiger partial charge in [0, 0.05) is 45.3 Å². The van der Waals surface area contributed by atoms with Crippen LogP contribution in [0.15, 0.2) is 133 Å². The first-order valence-corrected chi connectivity index (χ1v) is 17.5. The van der Waals surface area contributed by atoms with Gasteiger partial charge in [-0.1, -0.05) is 115 Å². The summed E-state index contributed by atoms with van der Waals surface area (Å²) in [5.74, 6) is -0.944. The van der Waals surface area contributed by atoms with Crippen LogP contribution in [-0.4, -0.2) is 30.4 Å². The quantitative estimate of drug-likeness (QED) is 0.114. The maximum Gasteiger partial charge on any atom is 0.335 e. The van der Waals surface area contributed by atoms with Crippen molar-refractivity contribution in [1.82, 2.24) is 9.29 Å². The second kappa shape index (κ2) is 15.6. The summed E-state index contributed by atoms with van der Waals surface area (Å²) in [6.45, 7) is 0. The Bertz CT molecular complexity index is 1960. The van der Waals surface area contributed by atoms with E-state index in [1.807, 2.05) is 91.0 Å². The number of benzene rings is 5. The fourth-order valence-electron chi connectivity index (χ4n) is 6.67. The monoisotopic (exact) mass is 675 g/mol. The van der Waals surface area contributed by atoms with Crippen molar-refractivity contribution in [2.24, 2.45) is 0 Å². The number of fused-ring (bicyclic) bond motifs is 1. The zero-order valence-corrected chi connectivity index (χ0v) is 27.9. The van der Waals surface area contributed by atoms with Gasteiger partial charge in [-0.05, 0) is 83.8 Å². The molecule has 0 radical (unpaired) electrons. The molecule has 0 aliphatic rings. The predicted octanol–water partition coefficient (Wildman–Crippen LogP) is 8.34. The van der Waals surface area contributed by atoms with Crippen molar-refractivity contribution in [3.8, 4) is 0 Å². The van der Waals surface area contributed by atoms with Crippen molar-refractivity contribution < 1.29 is 18.7 Å². The number of aryl methyl sites for hydroxylation is 2. The number of hydrogen-bond acceptors (Lipinski definition) is 3. The maximum absolute atomic E-state index is 12.2. The fraction of sp³-hybridized carbons (Fsp3) is 0.175. The van der Waals surface area contributed by atoms with Gasteiger partial charge in [0.25, 0.3) is 0 Å². The number of nitrogens with zero attached hydrogens (tertiary/aromatic N) is 1. The Labute approximate surface area is 288 Å². The van der Waals surface area contributed by atoms with Gasteiger partial charge in [0.1, 0.15) is 0 Å². The summed E-state index contributed by atoms with van der Waals surface area (Å²) in [5, 5.41) is 11.0. The van der Waals surface area contributed by atoms with Crippen molar-refractivity contribution in [1.29, 1.82) is 0 Å². The Morgan fingerprint density at radius 3 is 1.96 bits per heavy atom. The van der Waals surface area contributed by atoms with Gasteiger partial charge in [0.05, 0.1) is 11.6 Å². The van der Waals surface area contributed by atoms with Gasteiger partial charge in [-0.2, -0.15) is 0 Å². The zero-order chi connectivity index (χ0) is 33.5. The van der Waals surface area contributed by atoms with Crippen LogP contribution in [0.25, 0.3) is 10.9 Å². The minimum Gasteiger partial charge on any atom is -0.760 e. The van der Waals surface area contributed by atoms with E-state index < -0.39 is 23.3 Å². The summed E-state index contributed by atoms with van der Waals surface area (Å²) >= 11 is 4.20. The zero-order valence-electron chi connectivity index (χ0n) is 26.3. The third kappa shape index (κ3) is 7.94. The number of aromatic carboxylic acids is 1. The second-order valence-electron chi connectivity index (χ2n) is 12.0. The maximum atomic E-state index is 12.2. The minimum absolute atomic E-state index is 0.182. The van der Waals surface area contributed by atoms with Gasteiger partial charge in [0.15, 0.2) is 0 Å². The van der Waals surface area contributed by atoms with Gasteiger partial charge in [0.2, 0.25) is 0 Å². The minimum atomic E-state index is -2.47. The Hall–Kier alpha value is -4.53. The van der Waals surface area contributed by atoms with Crippen LogP contribution in [0.4, 0.5) is 0 Å². The normalized spacial score (nSPS) is 12.7. The molecule has 0 aliphatic heterocycles. The van der Waals surface area contributed by atoms with E-state index in [1.165, 1.54) is 0 Å². The summed E-state index contributed by atoms with van der Waals surface area (Å²) in [7, 11) is 0. The summed E-state index contributed by atoms with van der Waals surface area (Å²) < 4.78 is 29.6. The number of carbonyl (C=O) groups is 1. The Kier molecular flexibility index (Phi) is 10.8. The molecule has 6 rings (SSSR count). The molecule has 0 aliphatic carbocycles. The molecular weight excluding hydrogens is 640 g/mol. The van der Waals surface area contributed by atoms with Gasteiger partial charge >= 0.3 is 5.97 Å². The Morgan fingerprint density at radius 1 is 0.771 bits per heavy atom. The molecule has 0 spiro atoms. The number of hydrogen-bond donors (Lipinski definition) is 2. The van der Waals surface area contributed by atoms with Crippen LogP contribution in [0.5, 0.6) is 0 Å². The lowest BCUT2D eigenvalue weighted by Gasteiger charge is -2.27. The molecular formula is C40H36ClN2O4S-. The number of rotatable bonds is 14. The molecule has 6 nitrogen and oxygen atoms in total. The predicted molar refractivity (Wildman–Crippen MR) is 192 cm³/mol. The lowest BCUT2D eigenvalue weighted by atomic mass is 9.95. The molecule has 1 heterocycles. The molecule has 48 heavy (non-hydrogen) atoms. The molecule has 2 N–H and O–H groups in total. The molecule has 0 bridgehead atoms. The molecule has 0 saturated carbocycles. The van der Waals surface area contributed by atoms with Gasteiger partial charge in [-0.25, -0.2) is 9.52 Å². The number of carboxylic acid groups (broad SMARTS) is 1. The molecule has 0 fully saturated rings. The van der Waals surface area contributed by atoms with Crippen LogP contribution in [0.3, 0.4) is 0 Å². The van der Waals surface area contributed by atoms with Crippen LogP contribution >= 0.6 is 11.6 Å². The second-order valence-corrected chi connectivity index (χ2v) is 13.1. The third-order valence-corrected chi connectivity index (χ3v) is 9.55. The highest BCUT2D eigenvalue weighted by molar-refractivity contribution is 7.77. The van der Waals surface area contributed by atoms with Crippen LogP contribution in [0, 0.1) is 0 Å². The summed E-state index contributed by atoms with van der Waals surface area (Å²) in [5.41, 5.74) is 7.78. The molecule has 1 aromatic heterocycles. The first-order chi connectivity index (χ1) is 23.4. The molecule has 244 valence electrons. The van der Waals surface area contributed by atoms with E-state index in [0.717, 1.165) is 57.3 Å². The first-order valence-electron chi connectivity index (χ1n) is 16.0. The van der Waals surface area contributed by atoms with Crippen LogP contribution in [0.1, 0.15) is 56.3 Å². The smallest absolute Gasteiger partial charge is 0.335 e. The standard InChI is InChI=1S/C40H37ClN2O4S/c41-33-23-24-37-36(26-33)35(18-10-13-28-19-21-32(22-20-28)40(44)45)38(27-34(42-48(46)47)25-29-11-4-1-5-12-29)43(37)39(30-14-6-2-7-15-30)31-16-8-3-9-17-31/h1-9,11-12,14-17,19-24,26,34,39,42H,10,13,18,25,27H2,(H,44,45)(H,46,47)/p-1. The number of halogens is 1. The lowest BCUT2D eigenvalue weighted by molar-refractivity contribution is 0.0697. The molecule has 8 heteroatoms. The largest absolute Gasteiger partial charge is 0.760 e. The van der Waals surface area contributed by atoms with Crippen molar-refractivity contribution >= 4 is 39.7 Å².